The van der Waals surface area contributed by atoms with E-state index in [0.717, 1.165) is 0 Å². The van der Waals surface area contributed by atoms with Crippen LogP contribution in [0.5, 0.6) is 0 Å². The van der Waals surface area contributed by atoms with Crippen LogP contribution in [0.1, 0.15) is 10.4 Å². The van der Waals surface area contributed by atoms with E-state index in [4.69, 9.17) is 0 Å². The van der Waals surface area contributed by atoms with Gasteiger partial charge in [-0.15, -0.1) is 5.10 Å². The van der Waals surface area contributed by atoms with Crippen molar-refractivity contribution < 1.29 is 14.3 Å². The molecule has 1 N–H and O–H groups in total. The fraction of sp³-hybridized carbons (Fsp3) is 0.167. The molecule has 1 aromatic carbocycles. The summed E-state index contributed by atoms with van der Waals surface area (Å²) in [6.45, 7) is 0.0194. The monoisotopic (exact) mass is 386 g/mol. The number of rotatable bonds is 4. The van der Waals surface area contributed by atoms with E-state index >= 15 is 0 Å². The maximum Gasteiger partial charge on any atom is 0.339 e. The first-order valence-corrected chi connectivity index (χ1v) is 6.70. The van der Waals surface area contributed by atoms with Gasteiger partial charge in [-0.1, -0.05) is 12.1 Å². The van der Waals surface area contributed by atoms with Gasteiger partial charge in [0.15, 0.2) is 0 Å². The van der Waals surface area contributed by atoms with Crippen LogP contribution in [0.4, 0.5) is 5.69 Å². The Hall–Kier alpha value is -1.97. The average molecular weight is 386 g/mol. The minimum absolute atomic E-state index is 0.0194. The molecule has 1 aromatic heterocycles. The molecule has 104 valence electrons. The highest BCUT2D eigenvalue weighted by molar-refractivity contribution is 14.1. The molecule has 0 saturated heterocycles. The second-order valence-electron chi connectivity index (χ2n) is 3.80. The number of carbonyl (C=O) groups is 2. The summed E-state index contributed by atoms with van der Waals surface area (Å²) in [5.74, 6) is -0.807. The fourth-order valence-corrected chi connectivity index (χ4v) is 1.97. The molecule has 20 heavy (non-hydrogen) atoms. The van der Waals surface area contributed by atoms with E-state index in [1.807, 2.05) is 22.6 Å². The lowest BCUT2D eigenvalue weighted by Gasteiger charge is -2.09. The predicted octanol–water partition coefficient (Wildman–Crippen LogP) is 1.31. The van der Waals surface area contributed by atoms with Crippen molar-refractivity contribution in [2.24, 2.45) is 0 Å². The lowest BCUT2D eigenvalue weighted by Crippen LogP contribution is -2.20. The third-order valence-corrected chi connectivity index (χ3v) is 2.91. The topological polar surface area (TPSA) is 86.1 Å². The number of anilines is 1. The first-order valence-electron chi connectivity index (χ1n) is 5.62. The summed E-state index contributed by atoms with van der Waals surface area (Å²) < 4.78 is 6.64. The van der Waals surface area contributed by atoms with E-state index in [9.17, 15) is 9.59 Å². The van der Waals surface area contributed by atoms with Gasteiger partial charge < -0.3 is 10.1 Å². The Labute approximate surface area is 128 Å². The van der Waals surface area contributed by atoms with Gasteiger partial charge in [0.1, 0.15) is 12.9 Å². The van der Waals surface area contributed by atoms with Crippen molar-refractivity contribution in [1.29, 1.82) is 0 Å². The molecule has 0 fully saturated rings. The van der Waals surface area contributed by atoms with Crippen molar-refractivity contribution in [2.45, 2.75) is 6.54 Å². The van der Waals surface area contributed by atoms with Gasteiger partial charge in [0.2, 0.25) is 9.74 Å². The zero-order chi connectivity index (χ0) is 14.5. The molecule has 0 radical (unpaired) electrons. The van der Waals surface area contributed by atoms with E-state index in [-0.39, 0.29) is 12.5 Å². The van der Waals surface area contributed by atoms with Crippen LogP contribution in [-0.4, -0.2) is 33.8 Å². The Morgan fingerprint density at radius 3 is 2.80 bits per heavy atom. The number of para-hydroxylation sites is 1. The highest BCUT2D eigenvalue weighted by atomic mass is 127. The molecule has 0 aliphatic heterocycles. The smallest absolute Gasteiger partial charge is 0.339 e. The second kappa shape index (κ2) is 6.46. The Morgan fingerprint density at radius 2 is 2.15 bits per heavy atom. The van der Waals surface area contributed by atoms with Gasteiger partial charge in [-0.3, -0.25) is 4.79 Å². The number of methoxy groups -OCH3 is 1. The van der Waals surface area contributed by atoms with Crippen molar-refractivity contribution >= 4 is 40.2 Å². The third kappa shape index (κ3) is 3.53. The minimum atomic E-state index is -0.504. The highest BCUT2D eigenvalue weighted by Gasteiger charge is 2.13. The average Bonchev–Trinajstić information content (AvgIpc) is 2.83. The second-order valence-corrected chi connectivity index (χ2v) is 4.76. The Kier molecular flexibility index (Phi) is 4.66. The lowest BCUT2D eigenvalue weighted by molar-refractivity contribution is -0.116. The maximum atomic E-state index is 11.9. The number of hydrogen-bond donors (Lipinski definition) is 1. The van der Waals surface area contributed by atoms with Crippen LogP contribution in [0, 0.1) is 3.83 Å². The largest absolute Gasteiger partial charge is 0.465 e. The molecule has 1 heterocycles. The quantitative estimate of drug-likeness (QED) is 0.633. The van der Waals surface area contributed by atoms with E-state index in [0.29, 0.717) is 15.1 Å². The van der Waals surface area contributed by atoms with E-state index in [1.54, 1.807) is 24.3 Å². The normalized spacial score (nSPS) is 10.1. The number of ether oxygens (including phenoxy) is 1. The van der Waals surface area contributed by atoms with E-state index < -0.39 is 5.97 Å². The standard InChI is InChI=1S/C12H11IN4O3/c1-20-11(19)8-4-2-3-5-9(8)15-10(18)6-17-7-14-12(13)16-17/h2-5,7H,6H2,1H3,(H,15,18). The summed E-state index contributed by atoms with van der Waals surface area (Å²) in [6.07, 6.45) is 1.47. The number of esters is 1. The predicted molar refractivity (Wildman–Crippen MR) is 79.2 cm³/mol. The molecule has 0 atom stereocenters. The minimum Gasteiger partial charge on any atom is -0.465 e. The van der Waals surface area contributed by atoms with Crippen molar-refractivity contribution in [3.8, 4) is 0 Å². The molecular weight excluding hydrogens is 375 g/mol. The van der Waals surface area contributed by atoms with E-state index in [2.05, 4.69) is 20.1 Å². The zero-order valence-electron chi connectivity index (χ0n) is 10.5. The van der Waals surface area contributed by atoms with Crippen molar-refractivity contribution in [2.75, 3.05) is 12.4 Å². The molecule has 2 aromatic rings. The number of nitrogens with one attached hydrogen (secondary N) is 1. The van der Waals surface area contributed by atoms with Crippen LogP contribution in [0.2, 0.25) is 0 Å². The third-order valence-electron chi connectivity index (χ3n) is 2.42. The molecular formula is C12H11IN4O3. The highest BCUT2D eigenvalue weighted by Crippen LogP contribution is 2.15. The number of hydrogen-bond acceptors (Lipinski definition) is 5. The molecule has 0 unspecified atom stereocenters. The summed E-state index contributed by atoms with van der Waals surface area (Å²) >= 11 is 1.95. The van der Waals surface area contributed by atoms with Gasteiger partial charge in [-0.05, 0) is 12.1 Å². The number of amides is 1. The van der Waals surface area contributed by atoms with Gasteiger partial charge in [0, 0.05) is 22.6 Å². The first-order chi connectivity index (χ1) is 9.60. The molecule has 1 amide bonds. The van der Waals surface area contributed by atoms with Crippen molar-refractivity contribution in [3.63, 3.8) is 0 Å². The number of benzene rings is 1. The summed E-state index contributed by atoms with van der Waals surface area (Å²) in [7, 11) is 1.29. The molecule has 0 aliphatic carbocycles. The van der Waals surface area contributed by atoms with Crippen LogP contribution in [-0.2, 0) is 16.1 Å². The Bertz CT molecular complexity index is 641. The molecule has 0 spiro atoms. The SMILES string of the molecule is COC(=O)c1ccccc1NC(=O)Cn1cnc(I)n1. The molecule has 0 saturated carbocycles. The van der Waals surface area contributed by atoms with Crippen LogP contribution >= 0.6 is 22.6 Å². The lowest BCUT2D eigenvalue weighted by atomic mass is 10.2. The van der Waals surface area contributed by atoms with E-state index in [1.165, 1.54) is 18.1 Å². The van der Waals surface area contributed by atoms with Crippen LogP contribution in [0.25, 0.3) is 0 Å². The Morgan fingerprint density at radius 1 is 1.40 bits per heavy atom. The van der Waals surface area contributed by atoms with Crippen LogP contribution in [0.15, 0.2) is 30.6 Å². The number of halogens is 1. The van der Waals surface area contributed by atoms with Gasteiger partial charge in [-0.2, -0.15) is 0 Å². The summed E-state index contributed by atoms with van der Waals surface area (Å²) in [5, 5.41) is 6.66. The van der Waals surface area contributed by atoms with Gasteiger partial charge in [-0.25, -0.2) is 14.5 Å². The van der Waals surface area contributed by atoms with Crippen LogP contribution < -0.4 is 5.32 Å². The van der Waals surface area contributed by atoms with Gasteiger partial charge >= 0.3 is 5.97 Å². The summed E-state index contributed by atoms with van der Waals surface area (Å²) in [4.78, 5) is 27.4. The molecule has 0 bridgehead atoms. The number of aromatic nitrogens is 3. The fourth-order valence-electron chi connectivity index (χ4n) is 1.57. The number of nitrogens with zero attached hydrogens (tertiary/aromatic N) is 3. The van der Waals surface area contributed by atoms with Gasteiger partial charge in [0.25, 0.3) is 0 Å². The van der Waals surface area contributed by atoms with Crippen molar-refractivity contribution in [1.82, 2.24) is 14.8 Å². The summed E-state index contributed by atoms with van der Waals surface area (Å²) in [5.41, 5.74) is 0.704. The number of carbonyl (C=O) groups excluding carboxylic acids is 2. The molecule has 7 nitrogen and oxygen atoms in total. The maximum absolute atomic E-state index is 11.9. The zero-order valence-corrected chi connectivity index (χ0v) is 12.7. The van der Waals surface area contributed by atoms with Gasteiger partial charge in [0.05, 0.1) is 18.4 Å². The molecule has 2 rings (SSSR count). The molecule has 8 heteroatoms. The van der Waals surface area contributed by atoms with Crippen molar-refractivity contribution in [3.05, 3.63) is 40.0 Å². The first kappa shape index (κ1) is 14.4. The Balaban J connectivity index is 2.10. The molecule has 0 aliphatic rings. The van der Waals surface area contributed by atoms with Crippen LogP contribution in [0.3, 0.4) is 0 Å². The summed E-state index contributed by atoms with van der Waals surface area (Å²) in [6, 6.07) is 6.64.